The number of thioether (sulfide) groups is 1. The van der Waals surface area contributed by atoms with Gasteiger partial charge in [-0.2, -0.15) is 0 Å². The Kier molecular flexibility index (Phi) is 8.32. The first-order valence-electron chi connectivity index (χ1n) is 9.44. The summed E-state index contributed by atoms with van der Waals surface area (Å²) in [5, 5.41) is 12.6. The topological polar surface area (TPSA) is 95.3 Å². The van der Waals surface area contributed by atoms with E-state index in [9.17, 15) is 9.59 Å². The highest BCUT2D eigenvalue weighted by atomic mass is 35.5. The summed E-state index contributed by atoms with van der Waals surface area (Å²) in [6, 6.07) is 8.85. The Bertz CT molecular complexity index is 1130. The first kappa shape index (κ1) is 23.8. The van der Waals surface area contributed by atoms with Crippen LogP contribution < -0.4 is 10.1 Å². The molecule has 0 aliphatic rings. The summed E-state index contributed by atoms with van der Waals surface area (Å²) in [7, 11) is 1.30. The molecule has 8 nitrogen and oxygen atoms in total. The van der Waals surface area contributed by atoms with Gasteiger partial charge in [-0.25, -0.2) is 4.79 Å². The van der Waals surface area contributed by atoms with Gasteiger partial charge in [-0.1, -0.05) is 41.6 Å². The number of hydrogen-bond acceptors (Lipinski definition) is 8. The SMILES string of the molecule is C=CCn1c(COc2ccccc2Cl)nnc1SCC(=O)Nc1sc(C)cc1C(=O)OC. The molecular formula is C21H21ClN4O4S2. The van der Waals surface area contributed by atoms with Gasteiger partial charge in [-0.3, -0.25) is 9.36 Å². The third-order valence-corrected chi connectivity index (χ3v) is 6.39. The van der Waals surface area contributed by atoms with Crippen LogP contribution in [0.3, 0.4) is 0 Å². The fraction of sp³-hybridized carbons (Fsp3) is 0.238. The maximum atomic E-state index is 12.5. The molecule has 32 heavy (non-hydrogen) atoms. The molecule has 0 aliphatic carbocycles. The van der Waals surface area contributed by atoms with Crippen molar-refractivity contribution in [3.8, 4) is 5.75 Å². The van der Waals surface area contributed by atoms with Crippen molar-refractivity contribution in [2.24, 2.45) is 0 Å². The van der Waals surface area contributed by atoms with E-state index in [1.54, 1.807) is 24.3 Å². The summed E-state index contributed by atoms with van der Waals surface area (Å²) < 4.78 is 12.3. The molecule has 0 fully saturated rings. The van der Waals surface area contributed by atoms with E-state index in [1.165, 1.54) is 30.2 Å². The second kappa shape index (κ2) is 11.2. The predicted octanol–water partition coefficient (Wildman–Crippen LogP) is 4.58. The molecule has 0 spiro atoms. The molecule has 2 aromatic heterocycles. The number of benzene rings is 1. The molecule has 11 heteroatoms. The first-order valence-corrected chi connectivity index (χ1v) is 11.6. The van der Waals surface area contributed by atoms with Gasteiger partial charge in [0.05, 0.1) is 23.4 Å². The summed E-state index contributed by atoms with van der Waals surface area (Å²) in [5.41, 5.74) is 0.335. The number of halogens is 1. The molecule has 0 atom stereocenters. The standard InChI is InChI=1S/C21H21ClN4O4S2/c1-4-9-26-17(11-30-16-8-6-5-7-15(16)22)24-25-21(26)31-12-18(27)23-19-14(20(28)29-3)10-13(2)32-19/h4-8,10H,1,9,11-12H2,2-3H3,(H,23,27). The van der Waals surface area contributed by atoms with Crippen LogP contribution in [0.15, 0.2) is 48.1 Å². The molecule has 0 radical (unpaired) electrons. The number of carbonyl (C=O) groups excluding carboxylic acids is 2. The zero-order valence-electron chi connectivity index (χ0n) is 17.5. The third-order valence-electron chi connectivity index (χ3n) is 4.14. The van der Waals surface area contributed by atoms with Crippen LogP contribution >= 0.6 is 34.7 Å². The smallest absolute Gasteiger partial charge is 0.340 e. The van der Waals surface area contributed by atoms with Gasteiger partial charge in [0.1, 0.15) is 17.4 Å². The van der Waals surface area contributed by atoms with Crippen molar-refractivity contribution in [1.82, 2.24) is 14.8 Å². The second-order valence-electron chi connectivity index (χ2n) is 6.45. The van der Waals surface area contributed by atoms with Gasteiger partial charge in [0.25, 0.3) is 0 Å². The van der Waals surface area contributed by atoms with Crippen LogP contribution in [0, 0.1) is 6.92 Å². The van der Waals surface area contributed by atoms with E-state index in [1.807, 2.05) is 23.6 Å². The van der Waals surface area contributed by atoms with Crippen LogP contribution in [0.4, 0.5) is 5.00 Å². The highest BCUT2D eigenvalue weighted by Crippen LogP contribution is 2.29. The quantitative estimate of drug-likeness (QED) is 0.251. The van der Waals surface area contributed by atoms with E-state index >= 15 is 0 Å². The average molecular weight is 493 g/mol. The zero-order valence-corrected chi connectivity index (χ0v) is 19.9. The number of thiophene rings is 1. The Morgan fingerprint density at radius 3 is 2.84 bits per heavy atom. The van der Waals surface area contributed by atoms with E-state index in [4.69, 9.17) is 21.1 Å². The minimum Gasteiger partial charge on any atom is -0.484 e. The first-order chi connectivity index (χ1) is 15.4. The van der Waals surface area contributed by atoms with Crippen molar-refractivity contribution in [2.75, 3.05) is 18.2 Å². The van der Waals surface area contributed by atoms with Gasteiger partial charge < -0.3 is 14.8 Å². The molecule has 168 valence electrons. The summed E-state index contributed by atoms with van der Waals surface area (Å²) in [5.74, 6) is 0.437. The molecule has 0 saturated heterocycles. The normalized spacial score (nSPS) is 10.6. The maximum Gasteiger partial charge on any atom is 0.340 e. The van der Waals surface area contributed by atoms with Crippen LogP contribution in [0.25, 0.3) is 0 Å². The number of amides is 1. The van der Waals surface area contributed by atoms with Crippen LogP contribution in [0.2, 0.25) is 5.02 Å². The second-order valence-corrected chi connectivity index (χ2v) is 9.05. The number of nitrogens with zero attached hydrogens (tertiary/aromatic N) is 3. The monoisotopic (exact) mass is 492 g/mol. The largest absolute Gasteiger partial charge is 0.484 e. The van der Waals surface area contributed by atoms with Gasteiger partial charge in [-0.05, 0) is 25.1 Å². The molecule has 0 saturated carbocycles. The number of para-hydroxylation sites is 1. The van der Waals surface area contributed by atoms with Crippen LogP contribution in [0.1, 0.15) is 21.1 Å². The highest BCUT2D eigenvalue weighted by molar-refractivity contribution is 7.99. The van der Waals surface area contributed by atoms with Crippen LogP contribution in [-0.4, -0.2) is 39.5 Å². The number of nitrogens with one attached hydrogen (secondary N) is 1. The highest BCUT2D eigenvalue weighted by Gasteiger charge is 2.19. The number of esters is 1. The van der Waals surface area contributed by atoms with E-state index in [0.717, 1.165) is 4.88 Å². The predicted molar refractivity (Wildman–Crippen MR) is 126 cm³/mol. The number of ether oxygens (including phenoxy) is 2. The van der Waals surface area contributed by atoms with Crippen LogP contribution in [-0.2, 0) is 22.7 Å². The van der Waals surface area contributed by atoms with Gasteiger partial charge >= 0.3 is 5.97 Å². The number of hydrogen-bond donors (Lipinski definition) is 1. The minimum atomic E-state index is -0.494. The number of allylic oxidation sites excluding steroid dienone is 1. The van der Waals surface area contributed by atoms with Crippen molar-refractivity contribution in [1.29, 1.82) is 0 Å². The summed E-state index contributed by atoms with van der Waals surface area (Å²) in [4.78, 5) is 25.3. The molecule has 1 aromatic carbocycles. The van der Waals surface area contributed by atoms with Crippen molar-refractivity contribution < 1.29 is 19.1 Å². The van der Waals surface area contributed by atoms with Gasteiger partial charge in [0.2, 0.25) is 5.91 Å². The molecule has 0 unspecified atom stereocenters. The molecule has 1 amide bonds. The van der Waals surface area contributed by atoms with Crippen molar-refractivity contribution in [3.05, 3.63) is 64.3 Å². The molecule has 0 bridgehead atoms. The third kappa shape index (κ3) is 5.90. The van der Waals surface area contributed by atoms with E-state index in [-0.39, 0.29) is 18.3 Å². The average Bonchev–Trinajstić information content (AvgIpc) is 3.34. The van der Waals surface area contributed by atoms with E-state index in [2.05, 4.69) is 22.1 Å². The molecular weight excluding hydrogens is 472 g/mol. The number of anilines is 1. The molecule has 1 N–H and O–H groups in total. The van der Waals surface area contributed by atoms with Gasteiger partial charge in [-0.15, -0.1) is 28.1 Å². The van der Waals surface area contributed by atoms with Gasteiger partial charge in [0, 0.05) is 11.4 Å². The minimum absolute atomic E-state index is 0.0816. The van der Waals surface area contributed by atoms with E-state index in [0.29, 0.717) is 38.9 Å². The summed E-state index contributed by atoms with van der Waals surface area (Å²) in [6.45, 7) is 6.24. The van der Waals surface area contributed by atoms with Crippen LogP contribution in [0.5, 0.6) is 5.75 Å². The number of carbonyl (C=O) groups is 2. The Morgan fingerprint density at radius 2 is 2.12 bits per heavy atom. The van der Waals surface area contributed by atoms with E-state index < -0.39 is 5.97 Å². The molecule has 2 heterocycles. The number of rotatable bonds is 10. The van der Waals surface area contributed by atoms with Gasteiger partial charge in [0.15, 0.2) is 11.0 Å². The Hall–Kier alpha value is -2.82. The molecule has 3 rings (SSSR count). The number of aromatic nitrogens is 3. The number of methoxy groups -OCH3 is 1. The fourth-order valence-corrected chi connectivity index (χ4v) is 4.58. The Labute approximate surface area is 198 Å². The molecule has 0 aliphatic heterocycles. The lowest BCUT2D eigenvalue weighted by Gasteiger charge is -2.10. The van der Waals surface area contributed by atoms with Crippen molar-refractivity contribution in [2.45, 2.75) is 25.2 Å². The summed E-state index contributed by atoms with van der Waals surface area (Å²) >= 11 is 8.66. The fourth-order valence-electron chi connectivity index (χ4n) is 2.71. The Balaban J connectivity index is 1.65. The van der Waals surface area contributed by atoms with Crippen molar-refractivity contribution in [3.63, 3.8) is 0 Å². The zero-order chi connectivity index (χ0) is 23.1. The maximum absolute atomic E-state index is 12.5. The lowest BCUT2D eigenvalue weighted by atomic mass is 10.3. The molecule has 3 aromatic rings. The number of aryl methyl sites for hydroxylation is 1. The lowest BCUT2D eigenvalue weighted by molar-refractivity contribution is -0.113. The Morgan fingerprint density at radius 1 is 1.34 bits per heavy atom. The summed E-state index contributed by atoms with van der Waals surface area (Å²) in [6.07, 6.45) is 1.71. The lowest BCUT2D eigenvalue weighted by Crippen LogP contribution is -2.16. The van der Waals surface area contributed by atoms with Crippen molar-refractivity contribution >= 4 is 51.6 Å².